The average molecular weight is 329 g/mol. The molecule has 19 heavy (non-hydrogen) atoms. The Morgan fingerprint density at radius 1 is 1.00 bits per heavy atom. The SMILES string of the molecule is Cc1ccc(C(=O)c2ccc(Br)cc2F)c(F)c1F. The standard InChI is InChI=1S/C14H8BrF3O/c1-7-2-4-10(13(18)12(7)17)14(19)9-5-3-8(15)6-11(9)16/h2-6H,1H3. The third kappa shape index (κ3) is 2.56. The van der Waals surface area contributed by atoms with Gasteiger partial charge in [0.1, 0.15) is 5.82 Å². The van der Waals surface area contributed by atoms with E-state index in [9.17, 15) is 18.0 Å². The molecule has 0 aromatic heterocycles. The molecule has 0 aliphatic rings. The van der Waals surface area contributed by atoms with Gasteiger partial charge in [-0.05, 0) is 36.8 Å². The van der Waals surface area contributed by atoms with Gasteiger partial charge in [-0.2, -0.15) is 0 Å². The Hall–Kier alpha value is -1.62. The van der Waals surface area contributed by atoms with E-state index in [0.717, 1.165) is 12.1 Å². The van der Waals surface area contributed by atoms with Gasteiger partial charge in [-0.15, -0.1) is 0 Å². The molecule has 0 bridgehead atoms. The largest absolute Gasteiger partial charge is 0.288 e. The summed E-state index contributed by atoms with van der Waals surface area (Å²) in [4.78, 5) is 12.0. The Morgan fingerprint density at radius 2 is 1.63 bits per heavy atom. The van der Waals surface area contributed by atoms with Crippen LogP contribution in [0.2, 0.25) is 0 Å². The van der Waals surface area contributed by atoms with Crippen molar-refractivity contribution in [2.45, 2.75) is 6.92 Å². The van der Waals surface area contributed by atoms with Crippen LogP contribution in [-0.2, 0) is 0 Å². The molecule has 0 heterocycles. The molecule has 0 saturated heterocycles. The summed E-state index contributed by atoms with van der Waals surface area (Å²) in [7, 11) is 0. The van der Waals surface area contributed by atoms with E-state index in [4.69, 9.17) is 0 Å². The van der Waals surface area contributed by atoms with Crippen LogP contribution < -0.4 is 0 Å². The van der Waals surface area contributed by atoms with E-state index < -0.39 is 28.8 Å². The summed E-state index contributed by atoms with van der Waals surface area (Å²) >= 11 is 3.05. The summed E-state index contributed by atoms with van der Waals surface area (Å²) in [5, 5.41) is 0. The highest BCUT2D eigenvalue weighted by Crippen LogP contribution is 2.22. The van der Waals surface area contributed by atoms with Gasteiger partial charge < -0.3 is 0 Å². The lowest BCUT2D eigenvalue weighted by molar-refractivity contribution is 0.103. The Bertz CT molecular complexity index is 668. The van der Waals surface area contributed by atoms with Crippen LogP contribution in [0, 0.1) is 24.4 Å². The maximum absolute atomic E-state index is 13.7. The summed E-state index contributed by atoms with van der Waals surface area (Å²) in [6, 6.07) is 6.20. The number of halogens is 4. The number of hydrogen-bond acceptors (Lipinski definition) is 1. The van der Waals surface area contributed by atoms with E-state index in [1.54, 1.807) is 0 Å². The summed E-state index contributed by atoms with van der Waals surface area (Å²) < 4.78 is 41.2. The van der Waals surface area contributed by atoms with Gasteiger partial charge in [-0.3, -0.25) is 4.79 Å². The lowest BCUT2D eigenvalue weighted by atomic mass is 10.0. The zero-order chi connectivity index (χ0) is 14.2. The van der Waals surface area contributed by atoms with Gasteiger partial charge in [-0.1, -0.05) is 22.0 Å². The number of ketones is 1. The minimum atomic E-state index is -1.26. The van der Waals surface area contributed by atoms with E-state index in [1.807, 2.05) is 0 Å². The molecule has 0 atom stereocenters. The molecule has 2 aromatic carbocycles. The molecule has 0 N–H and O–H groups in total. The predicted molar refractivity (Wildman–Crippen MR) is 68.6 cm³/mol. The van der Waals surface area contributed by atoms with Crippen molar-refractivity contribution in [1.29, 1.82) is 0 Å². The van der Waals surface area contributed by atoms with Crippen LogP contribution in [0.25, 0.3) is 0 Å². The molecule has 0 aliphatic heterocycles. The second-order valence-corrected chi connectivity index (χ2v) is 4.93. The Balaban J connectivity index is 2.53. The molecule has 5 heteroatoms. The molecule has 0 fully saturated rings. The van der Waals surface area contributed by atoms with Crippen molar-refractivity contribution in [3.63, 3.8) is 0 Å². The molecule has 0 unspecified atom stereocenters. The molecule has 0 radical (unpaired) electrons. The molecule has 0 saturated carbocycles. The van der Waals surface area contributed by atoms with Crippen molar-refractivity contribution in [3.8, 4) is 0 Å². The second kappa shape index (κ2) is 5.17. The highest BCUT2D eigenvalue weighted by Gasteiger charge is 2.21. The van der Waals surface area contributed by atoms with Crippen LogP contribution in [-0.4, -0.2) is 5.78 Å². The summed E-state index contributed by atoms with van der Waals surface area (Å²) in [6.45, 7) is 1.38. The van der Waals surface area contributed by atoms with Crippen LogP contribution in [0.3, 0.4) is 0 Å². The van der Waals surface area contributed by atoms with Gasteiger partial charge in [0.15, 0.2) is 17.4 Å². The molecular formula is C14H8BrF3O. The lowest BCUT2D eigenvalue weighted by Crippen LogP contribution is -2.08. The minimum Gasteiger partial charge on any atom is -0.288 e. The molecule has 2 rings (SSSR count). The van der Waals surface area contributed by atoms with E-state index in [2.05, 4.69) is 15.9 Å². The van der Waals surface area contributed by atoms with Crippen molar-refractivity contribution in [1.82, 2.24) is 0 Å². The van der Waals surface area contributed by atoms with Crippen molar-refractivity contribution in [2.24, 2.45) is 0 Å². The fraction of sp³-hybridized carbons (Fsp3) is 0.0714. The number of hydrogen-bond donors (Lipinski definition) is 0. The second-order valence-electron chi connectivity index (χ2n) is 4.01. The van der Waals surface area contributed by atoms with E-state index >= 15 is 0 Å². The summed E-state index contributed by atoms with van der Waals surface area (Å²) in [6.07, 6.45) is 0. The number of benzene rings is 2. The number of rotatable bonds is 2. The van der Waals surface area contributed by atoms with Gasteiger partial charge in [0.2, 0.25) is 0 Å². The smallest absolute Gasteiger partial charge is 0.199 e. The van der Waals surface area contributed by atoms with Gasteiger partial charge in [0, 0.05) is 4.47 Å². The van der Waals surface area contributed by atoms with Gasteiger partial charge in [0.25, 0.3) is 0 Å². The maximum atomic E-state index is 13.7. The third-order valence-corrected chi connectivity index (χ3v) is 3.19. The molecule has 0 amide bonds. The van der Waals surface area contributed by atoms with Gasteiger partial charge >= 0.3 is 0 Å². The zero-order valence-corrected chi connectivity index (χ0v) is 11.4. The van der Waals surface area contributed by atoms with Gasteiger partial charge in [-0.25, -0.2) is 13.2 Å². The maximum Gasteiger partial charge on any atom is 0.199 e. The van der Waals surface area contributed by atoms with Crippen LogP contribution in [0.1, 0.15) is 21.5 Å². The molecule has 0 spiro atoms. The number of carbonyl (C=O) groups excluding carboxylic acids is 1. The highest BCUT2D eigenvalue weighted by atomic mass is 79.9. The zero-order valence-electron chi connectivity index (χ0n) is 9.81. The first kappa shape index (κ1) is 13.8. The normalized spacial score (nSPS) is 10.6. The molecular weight excluding hydrogens is 321 g/mol. The Labute approximate surface area is 116 Å². The monoisotopic (exact) mass is 328 g/mol. The average Bonchev–Trinajstić information content (AvgIpc) is 2.35. The topological polar surface area (TPSA) is 17.1 Å². The van der Waals surface area contributed by atoms with E-state index in [-0.39, 0.29) is 11.1 Å². The molecule has 2 aromatic rings. The van der Waals surface area contributed by atoms with Crippen molar-refractivity contribution >= 4 is 21.7 Å². The lowest BCUT2D eigenvalue weighted by Gasteiger charge is -2.06. The first-order valence-corrected chi connectivity index (χ1v) is 6.15. The Morgan fingerprint density at radius 3 is 2.26 bits per heavy atom. The van der Waals surface area contributed by atoms with Crippen molar-refractivity contribution < 1.29 is 18.0 Å². The quantitative estimate of drug-likeness (QED) is 0.746. The van der Waals surface area contributed by atoms with Crippen molar-refractivity contribution in [2.75, 3.05) is 0 Å². The van der Waals surface area contributed by atoms with Gasteiger partial charge in [0.05, 0.1) is 11.1 Å². The third-order valence-electron chi connectivity index (χ3n) is 2.70. The predicted octanol–water partition coefficient (Wildman–Crippen LogP) is 4.41. The minimum absolute atomic E-state index is 0.0883. The first-order chi connectivity index (χ1) is 8.91. The van der Waals surface area contributed by atoms with Crippen LogP contribution >= 0.6 is 15.9 Å². The fourth-order valence-corrected chi connectivity index (χ4v) is 1.97. The first-order valence-electron chi connectivity index (χ1n) is 5.36. The Kier molecular flexibility index (Phi) is 3.75. The van der Waals surface area contributed by atoms with E-state index in [0.29, 0.717) is 4.47 Å². The van der Waals surface area contributed by atoms with Crippen LogP contribution in [0.5, 0.6) is 0 Å². The highest BCUT2D eigenvalue weighted by molar-refractivity contribution is 9.10. The number of carbonyl (C=O) groups is 1. The molecule has 0 aliphatic carbocycles. The molecule has 1 nitrogen and oxygen atoms in total. The van der Waals surface area contributed by atoms with Crippen molar-refractivity contribution in [3.05, 3.63) is 68.9 Å². The van der Waals surface area contributed by atoms with E-state index in [1.165, 1.54) is 25.1 Å². The number of aryl methyl sites for hydroxylation is 1. The summed E-state index contributed by atoms with van der Waals surface area (Å²) in [5.74, 6) is -4.03. The van der Waals surface area contributed by atoms with Crippen LogP contribution in [0.15, 0.2) is 34.8 Å². The molecule has 98 valence electrons. The summed E-state index contributed by atoms with van der Waals surface area (Å²) in [5.41, 5.74) is -0.694. The van der Waals surface area contributed by atoms with Crippen LogP contribution in [0.4, 0.5) is 13.2 Å². The fourth-order valence-electron chi connectivity index (χ4n) is 1.64.